The Balaban J connectivity index is 1.73. The minimum absolute atomic E-state index is 0.0135. The van der Waals surface area contributed by atoms with Crippen molar-refractivity contribution in [2.45, 2.75) is 84.1 Å². The summed E-state index contributed by atoms with van der Waals surface area (Å²) in [4.78, 5) is 50.2. The van der Waals surface area contributed by atoms with Crippen LogP contribution in [0.5, 0.6) is 5.75 Å². The summed E-state index contributed by atoms with van der Waals surface area (Å²) < 4.78 is 34.3. The van der Waals surface area contributed by atoms with Crippen molar-refractivity contribution in [2.24, 2.45) is 0 Å². The summed E-state index contributed by atoms with van der Waals surface area (Å²) in [6.07, 6.45) is -4.45. The normalized spacial score (nSPS) is 23.6. The fourth-order valence-electron chi connectivity index (χ4n) is 5.24. The molecule has 0 N–H and O–H groups in total. The molecule has 0 aliphatic carbocycles. The number of halogens is 1. The Bertz CT molecular complexity index is 1360. The molecule has 228 valence electrons. The minimum Gasteiger partial charge on any atom is -0.464 e. The molecule has 2 heterocycles. The van der Waals surface area contributed by atoms with Crippen molar-refractivity contribution >= 4 is 52.1 Å². The highest BCUT2D eigenvalue weighted by atomic mass is 35.5. The maximum atomic E-state index is 13.2. The molecule has 1 fully saturated rings. The molecular formula is C30H36ClNO10. The average Bonchev–Trinajstić information content (AvgIpc) is 3.26. The second-order valence-electron chi connectivity index (χ2n) is 11.3. The average molecular weight is 606 g/mol. The summed E-state index contributed by atoms with van der Waals surface area (Å²) in [5.74, 6) is -1.21. The first-order valence-corrected chi connectivity index (χ1v) is 14.2. The number of hydrogen-bond acceptors (Lipinski definition) is 10. The first kappa shape index (κ1) is 31.4. The van der Waals surface area contributed by atoms with Gasteiger partial charge in [-0.15, -0.1) is 11.6 Å². The van der Waals surface area contributed by atoms with Gasteiger partial charge in [0.05, 0.1) is 12.1 Å². The topological polar surface area (TPSA) is 127 Å². The quantitative estimate of drug-likeness (QED) is 0.246. The van der Waals surface area contributed by atoms with Gasteiger partial charge in [0.2, 0.25) is 6.29 Å². The van der Waals surface area contributed by atoms with Crippen LogP contribution in [0.3, 0.4) is 0 Å². The van der Waals surface area contributed by atoms with Crippen molar-refractivity contribution in [1.29, 1.82) is 0 Å². The van der Waals surface area contributed by atoms with Crippen molar-refractivity contribution in [3.63, 3.8) is 0 Å². The third kappa shape index (κ3) is 7.25. The van der Waals surface area contributed by atoms with Crippen LogP contribution in [-0.4, -0.2) is 73.2 Å². The molecule has 0 spiro atoms. The summed E-state index contributed by atoms with van der Waals surface area (Å²) in [5.41, 5.74) is 0.804. The lowest BCUT2D eigenvalue weighted by molar-refractivity contribution is -0.245. The number of anilines is 1. The maximum absolute atomic E-state index is 13.2. The van der Waals surface area contributed by atoms with E-state index in [1.54, 1.807) is 31.7 Å². The van der Waals surface area contributed by atoms with Gasteiger partial charge in [-0.25, -0.2) is 4.79 Å². The number of amides is 1. The van der Waals surface area contributed by atoms with E-state index in [4.69, 9.17) is 40.0 Å². The number of ether oxygens (including phenoxy) is 6. The van der Waals surface area contributed by atoms with Crippen LogP contribution in [0.1, 0.15) is 59.4 Å². The first-order valence-electron chi connectivity index (χ1n) is 13.7. The lowest BCUT2D eigenvalue weighted by Gasteiger charge is -2.40. The van der Waals surface area contributed by atoms with Gasteiger partial charge in [-0.1, -0.05) is 24.3 Å². The molecule has 2 aliphatic rings. The molecule has 11 nitrogen and oxygen atoms in total. The predicted molar refractivity (Wildman–Crippen MR) is 153 cm³/mol. The molecule has 2 aromatic rings. The Kier molecular flexibility index (Phi) is 9.52. The zero-order valence-corrected chi connectivity index (χ0v) is 25.3. The molecule has 1 amide bonds. The number of carbonyl (C=O) groups is 4. The van der Waals surface area contributed by atoms with Crippen molar-refractivity contribution in [3.05, 3.63) is 35.9 Å². The van der Waals surface area contributed by atoms with E-state index in [9.17, 15) is 19.2 Å². The Morgan fingerprint density at radius 2 is 1.67 bits per heavy atom. The molecule has 0 unspecified atom stereocenters. The number of fused-ring (bicyclic) bond motifs is 3. The van der Waals surface area contributed by atoms with Crippen molar-refractivity contribution in [1.82, 2.24) is 0 Å². The molecule has 5 atom stereocenters. The molecule has 0 saturated carbocycles. The van der Waals surface area contributed by atoms with Gasteiger partial charge < -0.3 is 28.4 Å². The molecule has 2 aromatic carbocycles. The maximum Gasteiger partial charge on any atom is 0.414 e. The fourth-order valence-corrected chi connectivity index (χ4v) is 5.49. The molecular weight excluding hydrogens is 570 g/mol. The number of rotatable bonds is 7. The molecule has 0 bridgehead atoms. The van der Waals surface area contributed by atoms with Crippen LogP contribution >= 0.6 is 11.6 Å². The van der Waals surface area contributed by atoms with E-state index in [2.05, 4.69) is 0 Å². The summed E-state index contributed by atoms with van der Waals surface area (Å²) >= 11 is 6.37. The molecule has 2 aliphatic heterocycles. The van der Waals surface area contributed by atoms with Gasteiger partial charge in [-0.05, 0) is 31.7 Å². The van der Waals surface area contributed by atoms with Crippen LogP contribution in [0.15, 0.2) is 30.3 Å². The summed E-state index contributed by atoms with van der Waals surface area (Å²) in [7, 11) is 0. The lowest BCUT2D eigenvalue weighted by Crippen LogP contribution is -2.54. The molecule has 4 rings (SSSR count). The number of hydrogen-bond donors (Lipinski definition) is 0. The van der Waals surface area contributed by atoms with E-state index in [0.717, 1.165) is 16.3 Å². The van der Waals surface area contributed by atoms with Gasteiger partial charge in [0.15, 0.2) is 6.10 Å². The van der Waals surface area contributed by atoms with E-state index < -0.39 is 54.2 Å². The van der Waals surface area contributed by atoms with Crippen LogP contribution < -0.4 is 9.64 Å². The van der Waals surface area contributed by atoms with E-state index in [1.165, 1.54) is 20.8 Å². The molecule has 0 radical (unpaired) electrons. The van der Waals surface area contributed by atoms with Crippen LogP contribution in [0.4, 0.5) is 10.5 Å². The predicted octanol–water partition coefficient (Wildman–Crippen LogP) is 4.84. The van der Waals surface area contributed by atoms with Crippen LogP contribution in [0.25, 0.3) is 10.8 Å². The highest BCUT2D eigenvalue weighted by Crippen LogP contribution is 2.46. The Morgan fingerprint density at radius 3 is 2.26 bits per heavy atom. The summed E-state index contributed by atoms with van der Waals surface area (Å²) in [6.45, 7) is 9.16. The van der Waals surface area contributed by atoms with Crippen LogP contribution in [0.2, 0.25) is 0 Å². The highest BCUT2D eigenvalue weighted by Gasteiger charge is 2.45. The van der Waals surface area contributed by atoms with Gasteiger partial charge in [0, 0.05) is 50.6 Å². The zero-order valence-electron chi connectivity index (χ0n) is 24.5. The molecule has 0 aromatic heterocycles. The Morgan fingerprint density at radius 1 is 1.00 bits per heavy atom. The van der Waals surface area contributed by atoms with Crippen molar-refractivity contribution < 1.29 is 47.6 Å². The second-order valence-corrected chi connectivity index (χ2v) is 11.6. The van der Waals surface area contributed by atoms with E-state index in [0.29, 0.717) is 23.9 Å². The summed E-state index contributed by atoms with van der Waals surface area (Å²) in [5, 5.41) is 1.60. The number of benzene rings is 2. The van der Waals surface area contributed by atoms with Gasteiger partial charge >= 0.3 is 24.0 Å². The van der Waals surface area contributed by atoms with E-state index in [-0.39, 0.29) is 18.9 Å². The molecule has 42 heavy (non-hydrogen) atoms. The monoisotopic (exact) mass is 605 g/mol. The third-order valence-corrected chi connectivity index (χ3v) is 7.11. The number of alkyl halides is 1. The van der Waals surface area contributed by atoms with E-state index in [1.807, 2.05) is 24.3 Å². The largest absolute Gasteiger partial charge is 0.464 e. The van der Waals surface area contributed by atoms with Gasteiger partial charge in [0.25, 0.3) is 0 Å². The van der Waals surface area contributed by atoms with Gasteiger partial charge in [-0.2, -0.15) is 0 Å². The summed E-state index contributed by atoms with van der Waals surface area (Å²) in [6, 6.07) is 9.32. The second kappa shape index (κ2) is 12.7. The lowest BCUT2D eigenvalue weighted by atomic mass is 9.95. The van der Waals surface area contributed by atoms with E-state index >= 15 is 0 Å². The molecule has 1 saturated heterocycles. The van der Waals surface area contributed by atoms with Crippen molar-refractivity contribution in [3.8, 4) is 5.75 Å². The number of carbonyl (C=O) groups excluding carboxylic acids is 4. The number of nitrogens with zero attached hydrogens (tertiary/aromatic N) is 1. The standard InChI is InChI=1S/C30H36ClNO10/c1-16(33)37-15-25-28(39-18(3)35)24(38-17(2)34)12-26(41-25)40-23-11-22-27(21-10-8-7-9-20(21)23)19(13-31)14-32(22)29(36)42-30(4,5)6/h7-11,19,24-26,28H,12-15H2,1-6H3/t19-,24-,25-,26-,28-/m1/s1. The van der Waals surface area contributed by atoms with Crippen LogP contribution in [0, 0.1) is 0 Å². The Hall–Kier alpha value is -3.57. The minimum atomic E-state index is -1.03. The van der Waals surface area contributed by atoms with Crippen LogP contribution in [-0.2, 0) is 38.1 Å². The van der Waals surface area contributed by atoms with Gasteiger partial charge in [-0.3, -0.25) is 19.3 Å². The highest BCUT2D eigenvalue weighted by molar-refractivity contribution is 6.19. The zero-order chi connectivity index (χ0) is 30.8. The number of esters is 3. The molecule has 12 heteroatoms. The third-order valence-electron chi connectivity index (χ3n) is 6.74. The fraction of sp³-hybridized carbons (Fsp3) is 0.533. The van der Waals surface area contributed by atoms with Crippen molar-refractivity contribution in [2.75, 3.05) is 23.9 Å². The Labute approximate surface area is 249 Å². The van der Waals surface area contributed by atoms with Gasteiger partial charge in [0.1, 0.15) is 30.2 Å². The smallest absolute Gasteiger partial charge is 0.414 e. The first-order chi connectivity index (χ1) is 19.8. The SMILES string of the molecule is CC(=O)OC[C@H]1O[C@@H](Oc2cc3c(c4ccccc24)[C@H](CCl)CN3C(=O)OC(C)(C)C)C[C@@H](OC(C)=O)[C@H]1OC(C)=O.